The second-order valence-electron chi connectivity index (χ2n) is 8.23. The highest BCUT2D eigenvalue weighted by molar-refractivity contribution is 7.14. The molecule has 2 aromatic heterocycles. The monoisotopic (exact) mass is 512 g/mol. The van der Waals surface area contributed by atoms with Crippen LogP contribution in [0.25, 0.3) is 21.8 Å². The van der Waals surface area contributed by atoms with Crippen LogP contribution in [0.2, 0.25) is 5.02 Å². The summed E-state index contributed by atoms with van der Waals surface area (Å²) < 4.78 is 15.7. The number of anilines is 1. The summed E-state index contributed by atoms with van der Waals surface area (Å²) in [6.07, 6.45) is 0.255. The summed E-state index contributed by atoms with van der Waals surface area (Å²) in [6, 6.07) is 11.4. The van der Waals surface area contributed by atoms with Gasteiger partial charge in [-0.2, -0.15) is 5.10 Å². The van der Waals surface area contributed by atoms with Crippen molar-refractivity contribution in [3.63, 3.8) is 0 Å². The van der Waals surface area contributed by atoms with Gasteiger partial charge in [-0.1, -0.05) is 47.2 Å². The summed E-state index contributed by atoms with van der Waals surface area (Å²) in [5, 5.41) is 13.7. The Hall–Kier alpha value is -3.63. The Labute approximate surface area is 209 Å². The highest BCUT2D eigenvalue weighted by atomic mass is 35.5. The zero-order valence-electron chi connectivity index (χ0n) is 19.0. The second-order valence-corrected chi connectivity index (χ2v) is 9.72. The van der Waals surface area contributed by atoms with Gasteiger partial charge in [0.1, 0.15) is 33.7 Å². The van der Waals surface area contributed by atoms with Gasteiger partial charge in [-0.3, -0.25) is 9.59 Å². The summed E-state index contributed by atoms with van der Waals surface area (Å²) in [5.41, 5.74) is 13.9. The summed E-state index contributed by atoms with van der Waals surface area (Å²) >= 11 is 6.96. The van der Waals surface area contributed by atoms with E-state index >= 15 is 0 Å². The largest absolute Gasteiger partial charge is 0.383 e. The maximum absolute atomic E-state index is 14.1. The normalized spacial score (nSPS) is 11.2. The van der Waals surface area contributed by atoms with Gasteiger partial charge in [0.2, 0.25) is 0 Å². The molecule has 0 spiro atoms. The van der Waals surface area contributed by atoms with Crippen molar-refractivity contribution in [2.75, 3.05) is 5.73 Å². The van der Waals surface area contributed by atoms with Crippen LogP contribution >= 0.6 is 22.9 Å². The van der Waals surface area contributed by atoms with Crippen molar-refractivity contribution in [1.82, 2.24) is 20.0 Å². The quantitative estimate of drug-likeness (QED) is 0.358. The smallest absolute Gasteiger partial charge is 0.254 e. The number of carbonyl (C=O) groups excluding carboxylic acids is 2. The number of Topliss-reactive ketones (excluding diaryl/α,β-unsaturated/α-hetero) is 1. The van der Waals surface area contributed by atoms with Crippen molar-refractivity contribution in [3.05, 3.63) is 69.4 Å². The molecule has 0 aliphatic heterocycles. The Kier molecular flexibility index (Phi) is 6.95. The molecule has 4 N–H and O–H groups in total. The summed E-state index contributed by atoms with van der Waals surface area (Å²) in [7, 11) is 0. The first kappa shape index (κ1) is 24.5. The van der Waals surface area contributed by atoms with E-state index in [-0.39, 0.29) is 41.6 Å². The minimum Gasteiger partial charge on any atom is -0.383 e. The van der Waals surface area contributed by atoms with E-state index in [2.05, 4.69) is 15.3 Å². The number of rotatable bonds is 8. The van der Waals surface area contributed by atoms with Crippen LogP contribution in [0.3, 0.4) is 0 Å². The number of nitrogens with zero attached hydrogens (tertiary/aromatic N) is 4. The van der Waals surface area contributed by atoms with E-state index in [9.17, 15) is 14.0 Å². The molecule has 2 aromatic carbocycles. The lowest BCUT2D eigenvalue weighted by molar-refractivity contribution is -0.117. The number of carbonyl (C=O) groups is 2. The van der Waals surface area contributed by atoms with E-state index in [0.717, 1.165) is 16.9 Å². The minimum atomic E-state index is -0.654. The van der Waals surface area contributed by atoms with Gasteiger partial charge in [0.25, 0.3) is 5.91 Å². The van der Waals surface area contributed by atoms with Crippen LogP contribution in [0.1, 0.15) is 40.8 Å². The van der Waals surface area contributed by atoms with Crippen LogP contribution in [-0.2, 0) is 17.6 Å². The number of hydrogen-bond acceptors (Lipinski definition) is 7. The van der Waals surface area contributed by atoms with Crippen LogP contribution in [0.15, 0.2) is 42.5 Å². The maximum Gasteiger partial charge on any atom is 0.254 e. The van der Waals surface area contributed by atoms with Gasteiger partial charge in [0, 0.05) is 28.6 Å². The molecule has 0 radical (unpaired) electrons. The minimum absolute atomic E-state index is 0.0456. The molecule has 4 rings (SSSR count). The Morgan fingerprint density at radius 3 is 2.46 bits per heavy atom. The summed E-state index contributed by atoms with van der Waals surface area (Å²) in [6.45, 7) is 3.80. The van der Waals surface area contributed by atoms with Crippen molar-refractivity contribution in [2.24, 2.45) is 5.73 Å². The maximum atomic E-state index is 14.1. The van der Waals surface area contributed by atoms with Crippen LogP contribution in [0.4, 0.5) is 10.2 Å². The van der Waals surface area contributed by atoms with Crippen LogP contribution in [-0.4, -0.2) is 31.7 Å². The fraction of sp³-hybridized carbons (Fsp3) is 0.208. The molecule has 0 aliphatic carbocycles. The second kappa shape index (κ2) is 9.93. The van der Waals surface area contributed by atoms with Gasteiger partial charge in [0.15, 0.2) is 5.01 Å². The topological polar surface area (TPSA) is 130 Å². The molecule has 180 valence electrons. The SMILES string of the molecule is CC(C)n1nc(-c2ccc(CC(=O)Cc3nnc(-c4ccc(Cl)cc4F)s3)cc2)c(C(N)=O)c1N. The molecule has 4 aromatic rings. The lowest BCUT2D eigenvalue weighted by atomic mass is 10.0. The van der Waals surface area contributed by atoms with E-state index in [1.807, 2.05) is 13.8 Å². The molecule has 0 fully saturated rings. The average Bonchev–Trinajstić information content (AvgIpc) is 3.38. The molecule has 0 saturated carbocycles. The fourth-order valence-corrected chi connectivity index (χ4v) is 4.68. The third kappa shape index (κ3) is 5.23. The van der Waals surface area contributed by atoms with E-state index in [0.29, 0.717) is 26.3 Å². The number of halogens is 2. The molecule has 0 unspecified atom stereocenters. The zero-order valence-corrected chi connectivity index (χ0v) is 20.5. The number of ketones is 1. The molecule has 0 saturated heterocycles. The van der Waals surface area contributed by atoms with Gasteiger partial charge < -0.3 is 11.5 Å². The van der Waals surface area contributed by atoms with Crippen LogP contribution in [0.5, 0.6) is 0 Å². The predicted molar refractivity (Wildman–Crippen MR) is 134 cm³/mol. The number of nitrogens with two attached hydrogens (primary N) is 2. The fourth-order valence-electron chi connectivity index (χ4n) is 3.62. The average molecular weight is 513 g/mol. The van der Waals surface area contributed by atoms with E-state index in [1.54, 1.807) is 35.0 Å². The highest BCUT2D eigenvalue weighted by Crippen LogP contribution is 2.30. The molecular weight excluding hydrogens is 491 g/mol. The summed E-state index contributed by atoms with van der Waals surface area (Å²) in [4.78, 5) is 24.6. The van der Waals surface area contributed by atoms with Gasteiger partial charge in [-0.25, -0.2) is 9.07 Å². The third-order valence-electron chi connectivity index (χ3n) is 5.29. The predicted octanol–water partition coefficient (Wildman–Crippen LogP) is 4.48. The van der Waals surface area contributed by atoms with Gasteiger partial charge >= 0.3 is 0 Å². The Morgan fingerprint density at radius 2 is 1.83 bits per heavy atom. The Bertz CT molecular complexity index is 1410. The molecular formula is C24H22ClFN6O2S. The van der Waals surface area contributed by atoms with Crippen LogP contribution < -0.4 is 11.5 Å². The van der Waals surface area contributed by atoms with Crippen LogP contribution in [0, 0.1) is 5.82 Å². The third-order valence-corrected chi connectivity index (χ3v) is 6.48. The summed E-state index contributed by atoms with van der Waals surface area (Å²) in [5.74, 6) is -0.996. The van der Waals surface area contributed by atoms with Crippen molar-refractivity contribution in [3.8, 4) is 21.8 Å². The Morgan fingerprint density at radius 1 is 1.11 bits per heavy atom. The van der Waals surface area contributed by atoms with E-state index in [1.165, 1.54) is 12.1 Å². The molecule has 1 amide bonds. The van der Waals surface area contributed by atoms with Crippen molar-refractivity contribution in [2.45, 2.75) is 32.7 Å². The first-order valence-electron chi connectivity index (χ1n) is 10.7. The highest BCUT2D eigenvalue weighted by Gasteiger charge is 2.22. The lowest BCUT2D eigenvalue weighted by Crippen LogP contribution is -2.15. The number of hydrogen-bond donors (Lipinski definition) is 2. The number of primary amides is 1. The van der Waals surface area contributed by atoms with Crippen molar-refractivity contribution >= 4 is 40.4 Å². The lowest BCUT2D eigenvalue weighted by Gasteiger charge is -2.06. The van der Waals surface area contributed by atoms with Gasteiger partial charge in [-0.05, 0) is 37.6 Å². The molecule has 8 nitrogen and oxygen atoms in total. The molecule has 0 atom stereocenters. The first-order chi connectivity index (χ1) is 16.6. The number of amides is 1. The van der Waals surface area contributed by atoms with Crippen molar-refractivity contribution in [1.29, 1.82) is 0 Å². The number of aromatic nitrogens is 4. The number of benzene rings is 2. The van der Waals surface area contributed by atoms with Gasteiger partial charge in [-0.15, -0.1) is 10.2 Å². The van der Waals surface area contributed by atoms with E-state index in [4.69, 9.17) is 23.1 Å². The van der Waals surface area contributed by atoms with E-state index < -0.39 is 11.7 Å². The molecule has 2 heterocycles. The molecule has 11 heteroatoms. The first-order valence-corrected chi connectivity index (χ1v) is 11.9. The molecule has 0 bridgehead atoms. The zero-order chi connectivity index (χ0) is 25.3. The Balaban J connectivity index is 1.46. The van der Waals surface area contributed by atoms with Gasteiger partial charge in [0.05, 0.1) is 6.42 Å². The standard InChI is InChI=1S/C24H22ClFN6O2S/c1-12(2)32-22(27)20(23(28)34)21(31-32)14-5-3-13(4-6-14)9-16(33)11-19-29-30-24(35-19)17-8-7-15(25)10-18(17)26/h3-8,10,12H,9,11,27H2,1-2H3,(H2,28,34). The van der Waals surface area contributed by atoms with Crippen molar-refractivity contribution < 1.29 is 14.0 Å². The molecule has 0 aliphatic rings. The molecule has 35 heavy (non-hydrogen) atoms. The number of nitrogen functional groups attached to an aromatic ring is 1.